The molecule has 1 N–H and O–H groups in total. The van der Waals surface area contributed by atoms with Crippen LogP contribution in [0, 0.1) is 0 Å². The third kappa shape index (κ3) is 5.05. The molecule has 0 saturated carbocycles. The van der Waals surface area contributed by atoms with Crippen molar-refractivity contribution in [3.05, 3.63) is 70.3 Å². The fourth-order valence-electron chi connectivity index (χ4n) is 2.53. The topological polar surface area (TPSA) is 34.1 Å². The van der Waals surface area contributed by atoms with Crippen LogP contribution < -0.4 is 10.1 Å². The van der Waals surface area contributed by atoms with Gasteiger partial charge in [0.15, 0.2) is 0 Å². The van der Waals surface area contributed by atoms with E-state index < -0.39 is 0 Å². The molecule has 2 aromatic carbocycles. The van der Waals surface area contributed by atoms with Gasteiger partial charge in [-0.2, -0.15) is 0 Å². The molecular formula is C20H21ClN2OS. The Morgan fingerprint density at radius 2 is 1.92 bits per heavy atom. The average Bonchev–Trinajstić information content (AvgIpc) is 3.10. The summed E-state index contributed by atoms with van der Waals surface area (Å²) in [6, 6.07) is 16.1. The van der Waals surface area contributed by atoms with Crippen molar-refractivity contribution in [2.24, 2.45) is 0 Å². The first-order chi connectivity index (χ1) is 12.3. The summed E-state index contributed by atoms with van der Waals surface area (Å²) in [4.78, 5) is 5.68. The van der Waals surface area contributed by atoms with Crippen molar-refractivity contribution < 1.29 is 4.74 Å². The maximum Gasteiger partial charge on any atom is 0.119 e. The molecule has 1 heterocycles. The van der Waals surface area contributed by atoms with Crippen LogP contribution in [0.2, 0.25) is 5.02 Å². The van der Waals surface area contributed by atoms with Gasteiger partial charge in [0.05, 0.1) is 11.5 Å². The minimum atomic E-state index is 0.684. The molecule has 3 rings (SSSR count). The predicted molar refractivity (Wildman–Crippen MR) is 106 cm³/mol. The van der Waals surface area contributed by atoms with Gasteiger partial charge in [0.25, 0.3) is 0 Å². The van der Waals surface area contributed by atoms with Gasteiger partial charge in [-0.1, -0.05) is 29.8 Å². The van der Waals surface area contributed by atoms with Gasteiger partial charge < -0.3 is 10.1 Å². The number of nitrogens with zero attached hydrogens (tertiary/aromatic N) is 1. The minimum absolute atomic E-state index is 0.684. The van der Waals surface area contributed by atoms with Crippen LogP contribution in [0.1, 0.15) is 17.5 Å². The largest absolute Gasteiger partial charge is 0.494 e. The lowest BCUT2D eigenvalue weighted by Crippen LogP contribution is -2.16. The summed E-state index contributed by atoms with van der Waals surface area (Å²) in [5, 5.41) is 5.35. The van der Waals surface area contributed by atoms with Crippen LogP contribution in [-0.4, -0.2) is 18.1 Å². The quantitative estimate of drug-likeness (QED) is 0.552. The first kappa shape index (κ1) is 17.9. The Bertz CT molecular complexity index is 801. The van der Waals surface area contributed by atoms with Gasteiger partial charge in [0.1, 0.15) is 10.8 Å². The van der Waals surface area contributed by atoms with E-state index in [0.29, 0.717) is 6.61 Å². The maximum atomic E-state index is 6.18. The minimum Gasteiger partial charge on any atom is -0.494 e. The van der Waals surface area contributed by atoms with Crippen LogP contribution >= 0.6 is 22.9 Å². The normalized spacial score (nSPS) is 10.8. The molecule has 5 heteroatoms. The number of rotatable bonds is 8. The highest BCUT2D eigenvalue weighted by molar-refractivity contribution is 7.15. The number of hydrogen-bond donors (Lipinski definition) is 1. The smallest absolute Gasteiger partial charge is 0.119 e. The highest BCUT2D eigenvalue weighted by Gasteiger charge is 2.05. The molecule has 130 valence electrons. The summed E-state index contributed by atoms with van der Waals surface area (Å²) in [6.07, 6.45) is 2.85. The second kappa shape index (κ2) is 8.99. The van der Waals surface area contributed by atoms with E-state index in [4.69, 9.17) is 16.3 Å². The zero-order valence-electron chi connectivity index (χ0n) is 14.2. The number of nitrogens with one attached hydrogen (secondary N) is 1. The standard InChI is InChI=1S/C20H21ClN2OS/c1-2-24-17-9-7-16(8-10-17)19-13-23-20(25-19)14-22-12-11-15-5-3-4-6-18(15)21/h3-10,13,22H,2,11-12,14H2,1H3. The summed E-state index contributed by atoms with van der Waals surface area (Å²) in [7, 11) is 0. The second-order valence-electron chi connectivity index (χ2n) is 5.59. The van der Waals surface area contributed by atoms with E-state index in [2.05, 4.69) is 28.5 Å². The summed E-state index contributed by atoms with van der Waals surface area (Å²) in [6.45, 7) is 4.32. The van der Waals surface area contributed by atoms with Crippen LogP contribution in [0.15, 0.2) is 54.7 Å². The molecule has 0 amide bonds. The predicted octanol–water partition coefficient (Wildman–Crippen LogP) is 5.19. The molecular weight excluding hydrogens is 352 g/mol. The molecule has 0 saturated heterocycles. The Balaban J connectivity index is 1.51. The lowest BCUT2D eigenvalue weighted by Gasteiger charge is -2.05. The molecule has 0 aliphatic heterocycles. The molecule has 0 aliphatic rings. The molecule has 0 bridgehead atoms. The van der Waals surface area contributed by atoms with Gasteiger partial charge in [0.2, 0.25) is 0 Å². The van der Waals surface area contributed by atoms with E-state index in [0.717, 1.165) is 35.3 Å². The molecule has 0 radical (unpaired) electrons. The zero-order chi connectivity index (χ0) is 17.5. The Hall–Kier alpha value is -1.88. The number of benzene rings is 2. The molecule has 0 atom stereocenters. The first-order valence-electron chi connectivity index (χ1n) is 8.38. The summed E-state index contributed by atoms with van der Waals surface area (Å²) < 4.78 is 5.48. The van der Waals surface area contributed by atoms with Gasteiger partial charge in [0, 0.05) is 17.8 Å². The van der Waals surface area contributed by atoms with Crippen molar-refractivity contribution in [2.45, 2.75) is 19.9 Å². The van der Waals surface area contributed by atoms with Gasteiger partial charge >= 0.3 is 0 Å². The Morgan fingerprint density at radius 3 is 2.68 bits per heavy atom. The Labute approximate surface area is 157 Å². The van der Waals surface area contributed by atoms with Gasteiger partial charge in [-0.15, -0.1) is 11.3 Å². The molecule has 3 nitrogen and oxygen atoms in total. The average molecular weight is 373 g/mol. The van der Waals surface area contributed by atoms with Gasteiger partial charge in [-0.25, -0.2) is 4.98 Å². The molecule has 0 aliphatic carbocycles. The number of thiazole rings is 1. The number of aromatic nitrogens is 1. The van der Waals surface area contributed by atoms with Gasteiger partial charge in [-0.3, -0.25) is 0 Å². The SMILES string of the molecule is CCOc1ccc(-c2cnc(CNCCc3ccccc3Cl)s2)cc1. The molecule has 3 aromatic rings. The highest BCUT2D eigenvalue weighted by Crippen LogP contribution is 2.27. The molecule has 0 unspecified atom stereocenters. The van der Waals surface area contributed by atoms with E-state index in [1.54, 1.807) is 11.3 Å². The van der Waals surface area contributed by atoms with Gasteiger partial charge in [-0.05, 0) is 61.3 Å². The monoisotopic (exact) mass is 372 g/mol. The summed E-state index contributed by atoms with van der Waals surface area (Å²) in [5.74, 6) is 0.900. The lowest BCUT2D eigenvalue weighted by atomic mass is 10.1. The molecule has 1 aromatic heterocycles. The maximum absolute atomic E-state index is 6.18. The molecule has 0 fully saturated rings. The van der Waals surface area contributed by atoms with Crippen molar-refractivity contribution in [1.82, 2.24) is 10.3 Å². The third-order valence-electron chi connectivity index (χ3n) is 3.81. The van der Waals surface area contributed by atoms with Crippen molar-refractivity contribution in [2.75, 3.05) is 13.2 Å². The molecule has 0 spiro atoms. The molecule has 25 heavy (non-hydrogen) atoms. The summed E-state index contributed by atoms with van der Waals surface area (Å²) in [5.41, 5.74) is 2.34. The Morgan fingerprint density at radius 1 is 1.12 bits per heavy atom. The van der Waals surface area contributed by atoms with E-state index >= 15 is 0 Å². The van der Waals surface area contributed by atoms with Crippen LogP contribution in [0.3, 0.4) is 0 Å². The van der Waals surface area contributed by atoms with Crippen molar-refractivity contribution in [1.29, 1.82) is 0 Å². The van der Waals surface area contributed by atoms with E-state index in [1.165, 1.54) is 16.0 Å². The van der Waals surface area contributed by atoms with Crippen molar-refractivity contribution in [3.63, 3.8) is 0 Å². The fourth-order valence-corrected chi connectivity index (χ4v) is 3.65. The number of hydrogen-bond acceptors (Lipinski definition) is 4. The van der Waals surface area contributed by atoms with E-state index in [-0.39, 0.29) is 0 Å². The van der Waals surface area contributed by atoms with E-state index in [1.807, 2.05) is 43.5 Å². The van der Waals surface area contributed by atoms with Crippen molar-refractivity contribution in [3.8, 4) is 16.2 Å². The fraction of sp³-hybridized carbons (Fsp3) is 0.250. The van der Waals surface area contributed by atoms with Crippen LogP contribution in [0.5, 0.6) is 5.75 Å². The highest BCUT2D eigenvalue weighted by atomic mass is 35.5. The third-order valence-corrected chi connectivity index (χ3v) is 5.22. The summed E-state index contributed by atoms with van der Waals surface area (Å²) >= 11 is 7.89. The van der Waals surface area contributed by atoms with Crippen LogP contribution in [0.25, 0.3) is 10.4 Å². The first-order valence-corrected chi connectivity index (χ1v) is 9.58. The second-order valence-corrected chi connectivity index (χ2v) is 7.12. The van der Waals surface area contributed by atoms with Crippen molar-refractivity contribution >= 4 is 22.9 Å². The number of halogens is 1. The zero-order valence-corrected chi connectivity index (χ0v) is 15.7. The van der Waals surface area contributed by atoms with Crippen LogP contribution in [-0.2, 0) is 13.0 Å². The lowest BCUT2D eigenvalue weighted by molar-refractivity contribution is 0.340. The number of ether oxygens (including phenoxy) is 1. The van der Waals surface area contributed by atoms with E-state index in [9.17, 15) is 0 Å². The van der Waals surface area contributed by atoms with Crippen LogP contribution in [0.4, 0.5) is 0 Å². The Kier molecular flexibility index (Phi) is 6.45.